The molecule has 2 aromatic carbocycles. The second kappa shape index (κ2) is 5.27. The summed E-state index contributed by atoms with van der Waals surface area (Å²) in [6.45, 7) is 1.66. The Bertz CT molecular complexity index is 552. The fraction of sp³-hybridized carbons (Fsp3) is 0.200. The van der Waals surface area contributed by atoms with Gasteiger partial charge in [-0.3, -0.25) is 0 Å². The summed E-state index contributed by atoms with van der Waals surface area (Å²) in [5.74, 6) is -0.718. The van der Waals surface area contributed by atoms with Crippen molar-refractivity contribution in [1.29, 1.82) is 0 Å². The second-order valence-corrected chi connectivity index (χ2v) is 4.32. The van der Waals surface area contributed by atoms with Crippen LogP contribution in [0.1, 0.15) is 22.8 Å². The van der Waals surface area contributed by atoms with Crippen LogP contribution in [-0.2, 0) is 6.42 Å². The third-order valence-corrected chi connectivity index (χ3v) is 2.95. The van der Waals surface area contributed by atoms with Crippen LogP contribution in [0.4, 0.5) is 8.78 Å². The zero-order chi connectivity index (χ0) is 13.1. The maximum Gasteiger partial charge on any atom is 0.126 e. The highest BCUT2D eigenvalue weighted by molar-refractivity contribution is 5.27. The minimum Gasteiger partial charge on any atom is -0.388 e. The van der Waals surface area contributed by atoms with Crippen molar-refractivity contribution in [3.8, 4) is 0 Å². The summed E-state index contributed by atoms with van der Waals surface area (Å²) >= 11 is 0. The van der Waals surface area contributed by atoms with Crippen molar-refractivity contribution < 1.29 is 13.9 Å². The number of aliphatic hydroxyl groups excluding tert-OH is 1. The molecule has 2 rings (SSSR count). The molecule has 0 aromatic heterocycles. The van der Waals surface area contributed by atoms with Crippen LogP contribution >= 0.6 is 0 Å². The fourth-order valence-corrected chi connectivity index (χ4v) is 1.81. The normalized spacial score (nSPS) is 12.4. The molecule has 1 unspecified atom stereocenters. The number of rotatable bonds is 3. The third kappa shape index (κ3) is 2.74. The van der Waals surface area contributed by atoms with Gasteiger partial charge in [-0.1, -0.05) is 30.3 Å². The zero-order valence-corrected chi connectivity index (χ0v) is 10.0. The molecule has 1 N–H and O–H groups in total. The molecule has 0 heterocycles. The molecule has 2 aromatic rings. The first-order chi connectivity index (χ1) is 8.58. The molecule has 0 spiro atoms. The molecule has 0 aliphatic heterocycles. The summed E-state index contributed by atoms with van der Waals surface area (Å²) in [6, 6.07) is 10.8. The van der Waals surface area contributed by atoms with Gasteiger partial charge in [0.25, 0.3) is 0 Å². The van der Waals surface area contributed by atoms with Crippen LogP contribution in [-0.4, -0.2) is 5.11 Å². The van der Waals surface area contributed by atoms with Gasteiger partial charge in [0, 0.05) is 6.42 Å². The summed E-state index contributed by atoms with van der Waals surface area (Å²) in [6.07, 6.45) is -0.771. The lowest BCUT2D eigenvalue weighted by atomic mass is 10.00. The standard InChI is InChI=1S/C15H14F2O/c1-10-6-7-12(8-14(10)17)15(18)9-11-4-2-3-5-13(11)16/h2-8,15,18H,9H2,1H3. The van der Waals surface area contributed by atoms with Gasteiger partial charge in [-0.15, -0.1) is 0 Å². The van der Waals surface area contributed by atoms with Crippen molar-refractivity contribution in [3.63, 3.8) is 0 Å². The largest absolute Gasteiger partial charge is 0.388 e. The molecule has 0 aliphatic rings. The van der Waals surface area contributed by atoms with Crippen LogP contribution in [0.5, 0.6) is 0 Å². The van der Waals surface area contributed by atoms with Crippen LogP contribution in [0.3, 0.4) is 0 Å². The molecule has 3 heteroatoms. The minimum atomic E-state index is -0.906. The molecule has 0 saturated carbocycles. The number of halogens is 2. The van der Waals surface area contributed by atoms with Gasteiger partial charge in [0.05, 0.1) is 6.10 Å². The maximum absolute atomic E-state index is 13.4. The Morgan fingerprint density at radius 3 is 2.44 bits per heavy atom. The van der Waals surface area contributed by atoms with Crippen LogP contribution in [0.2, 0.25) is 0 Å². The summed E-state index contributed by atoms with van der Waals surface area (Å²) in [5, 5.41) is 9.98. The topological polar surface area (TPSA) is 20.2 Å². The highest BCUT2D eigenvalue weighted by Gasteiger charge is 2.12. The van der Waals surface area contributed by atoms with Gasteiger partial charge in [-0.05, 0) is 35.7 Å². The van der Waals surface area contributed by atoms with Crippen molar-refractivity contribution in [1.82, 2.24) is 0 Å². The van der Waals surface area contributed by atoms with E-state index >= 15 is 0 Å². The lowest BCUT2D eigenvalue weighted by Crippen LogP contribution is -2.04. The third-order valence-electron chi connectivity index (χ3n) is 2.95. The Morgan fingerprint density at radius 1 is 1.06 bits per heavy atom. The molecule has 0 aliphatic carbocycles. The average Bonchev–Trinajstić information content (AvgIpc) is 2.35. The van der Waals surface area contributed by atoms with E-state index in [1.807, 2.05) is 0 Å². The van der Waals surface area contributed by atoms with Gasteiger partial charge < -0.3 is 5.11 Å². The number of benzene rings is 2. The predicted octanol–water partition coefficient (Wildman–Crippen LogP) is 3.55. The molecular formula is C15H14F2O. The van der Waals surface area contributed by atoms with Crippen LogP contribution in [0, 0.1) is 18.6 Å². The van der Waals surface area contributed by atoms with Crippen molar-refractivity contribution in [2.24, 2.45) is 0 Å². The Morgan fingerprint density at radius 2 is 1.78 bits per heavy atom. The molecule has 0 saturated heterocycles. The van der Waals surface area contributed by atoms with Crippen LogP contribution < -0.4 is 0 Å². The maximum atomic E-state index is 13.4. The monoisotopic (exact) mass is 248 g/mol. The SMILES string of the molecule is Cc1ccc(C(O)Cc2ccccc2F)cc1F. The molecule has 0 fully saturated rings. The van der Waals surface area contributed by atoms with E-state index in [9.17, 15) is 13.9 Å². The molecule has 1 nitrogen and oxygen atoms in total. The zero-order valence-electron chi connectivity index (χ0n) is 10.0. The minimum absolute atomic E-state index is 0.134. The second-order valence-electron chi connectivity index (χ2n) is 4.32. The number of hydrogen-bond donors (Lipinski definition) is 1. The van der Waals surface area contributed by atoms with E-state index in [4.69, 9.17) is 0 Å². The lowest BCUT2D eigenvalue weighted by Gasteiger charge is -2.12. The molecular weight excluding hydrogens is 234 g/mol. The quantitative estimate of drug-likeness (QED) is 0.880. The van der Waals surface area contributed by atoms with Crippen molar-refractivity contribution in [2.45, 2.75) is 19.4 Å². The van der Waals surface area contributed by atoms with E-state index in [-0.39, 0.29) is 18.1 Å². The van der Waals surface area contributed by atoms with Gasteiger partial charge in [0.1, 0.15) is 11.6 Å². The van der Waals surface area contributed by atoms with E-state index in [1.165, 1.54) is 12.1 Å². The fourth-order valence-electron chi connectivity index (χ4n) is 1.81. The van der Waals surface area contributed by atoms with E-state index in [0.29, 0.717) is 16.7 Å². The summed E-state index contributed by atoms with van der Waals surface area (Å²) in [5.41, 5.74) is 1.41. The highest BCUT2D eigenvalue weighted by Crippen LogP contribution is 2.21. The van der Waals surface area contributed by atoms with Gasteiger partial charge >= 0.3 is 0 Å². The molecule has 0 bridgehead atoms. The molecule has 0 radical (unpaired) electrons. The Kier molecular flexibility index (Phi) is 3.72. The van der Waals surface area contributed by atoms with E-state index < -0.39 is 6.10 Å². The molecule has 0 amide bonds. The highest BCUT2D eigenvalue weighted by atomic mass is 19.1. The van der Waals surface area contributed by atoms with Gasteiger partial charge in [-0.2, -0.15) is 0 Å². The number of aliphatic hydroxyl groups is 1. The van der Waals surface area contributed by atoms with E-state index in [1.54, 1.807) is 37.3 Å². The molecule has 18 heavy (non-hydrogen) atoms. The van der Waals surface area contributed by atoms with Gasteiger partial charge in [0.15, 0.2) is 0 Å². The Balaban J connectivity index is 2.19. The van der Waals surface area contributed by atoms with Crippen molar-refractivity contribution in [2.75, 3.05) is 0 Å². The average molecular weight is 248 g/mol. The Labute approximate surface area is 105 Å². The van der Waals surface area contributed by atoms with Crippen LogP contribution in [0.25, 0.3) is 0 Å². The Hall–Kier alpha value is -1.74. The molecule has 94 valence electrons. The van der Waals surface area contributed by atoms with Crippen molar-refractivity contribution >= 4 is 0 Å². The van der Waals surface area contributed by atoms with Crippen LogP contribution in [0.15, 0.2) is 42.5 Å². The van der Waals surface area contributed by atoms with Crippen molar-refractivity contribution in [3.05, 3.63) is 70.8 Å². The lowest BCUT2D eigenvalue weighted by molar-refractivity contribution is 0.176. The van der Waals surface area contributed by atoms with Gasteiger partial charge in [-0.25, -0.2) is 8.78 Å². The van der Waals surface area contributed by atoms with E-state index in [2.05, 4.69) is 0 Å². The molecule has 1 atom stereocenters. The first kappa shape index (κ1) is 12.7. The summed E-state index contributed by atoms with van der Waals surface area (Å²) in [7, 11) is 0. The first-order valence-electron chi connectivity index (χ1n) is 5.75. The summed E-state index contributed by atoms with van der Waals surface area (Å²) < 4.78 is 26.8. The van der Waals surface area contributed by atoms with E-state index in [0.717, 1.165) is 0 Å². The smallest absolute Gasteiger partial charge is 0.126 e. The number of aryl methyl sites for hydroxylation is 1. The predicted molar refractivity (Wildman–Crippen MR) is 66.2 cm³/mol. The first-order valence-corrected chi connectivity index (χ1v) is 5.75. The number of hydrogen-bond acceptors (Lipinski definition) is 1. The van der Waals surface area contributed by atoms with Gasteiger partial charge in [0.2, 0.25) is 0 Å². The summed E-state index contributed by atoms with van der Waals surface area (Å²) in [4.78, 5) is 0.